The molecular formula is C24H27N5O5S. The SMILES string of the molecule is Cc1ccc([N+](=O)[O-])cc1S(=O)(=O)N1CCN(C(=O)Cc2c(C)nn(-c3ccccc3)c2C)CC1. The molecule has 1 amide bonds. The van der Waals surface area contributed by atoms with Crippen LogP contribution in [0.5, 0.6) is 0 Å². The molecule has 10 nitrogen and oxygen atoms in total. The summed E-state index contributed by atoms with van der Waals surface area (Å²) >= 11 is 0. The number of carbonyl (C=O) groups is 1. The normalized spacial score (nSPS) is 14.8. The van der Waals surface area contributed by atoms with Gasteiger partial charge in [-0.15, -0.1) is 0 Å². The first-order valence-corrected chi connectivity index (χ1v) is 12.7. The maximum atomic E-state index is 13.2. The van der Waals surface area contributed by atoms with E-state index in [1.54, 1.807) is 11.8 Å². The van der Waals surface area contributed by atoms with E-state index in [0.29, 0.717) is 5.56 Å². The highest BCUT2D eigenvalue weighted by molar-refractivity contribution is 7.89. The molecule has 1 fully saturated rings. The second-order valence-corrected chi connectivity index (χ2v) is 10.5. The molecule has 0 spiro atoms. The summed E-state index contributed by atoms with van der Waals surface area (Å²) in [6.45, 7) is 6.15. The monoisotopic (exact) mass is 497 g/mol. The van der Waals surface area contributed by atoms with Crippen molar-refractivity contribution < 1.29 is 18.1 Å². The Morgan fingerprint density at radius 2 is 1.69 bits per heavy atom. The molecule has 1 aromatic heterocycles. The van der Waals surface area contributed by atoms with Gasteiger partial charge in [0.1, 0.15) is 0 Å². The predicted molar refractivity (Wildman–Crippen MR) is 130 cm³/mol. The Labute approximate surface area is 204 Å². The molecule has 0 unspecified atom stereocenters. The van der Waals surface area contributed by atoms with Gasteiger partial charge in [0.05, 0.1) is 27.6 Å². The lowest BCUT2D eigenvalue weighted by atomic mass is 10.1. The maximum absolute atomic E-state index is 13.2. The third-order valence-corrected chi connectivity index (χ3v) is 8.40. The number of rotatable bonds is 6. The van der Waals surface area contributed by atoms with Crippen molar-refractivity contribution in [1.29, 1.82) is 0 Å². The van der Waals surface area contributed by atoms with Gasteiger partial charge in [-0.05, 0) is 38.5 Å². The fraction of sp³-hybridized carbons (Fsp3) is 0.333. The number of non-ortho nitro benzene ring substituents is 1. The van der Waals surface area contributed by atoms with E-state index in [4.69, 9.17) is 0 Å². The second kappa shape index (κ2) is 9.59. The molecule has 2 heterocycles. The molecule has 4 rings (SSSR count). The van der Waals surface area contributed by atoms with E-state index < -0.39 is 14.9 Å². The van der Waals surface area contributed by atoms with Gasteiger partial charge < -0.3 is 4.90 Å². The minimum absolute atomic E-state index is 0.0777. The lowest BCUT2D eigenvalue weighted by Gasteiger charge is -2.34. The number of hydrogen-bond acceptors (Lipinski definition) is 6. The summed E-state index contributed by atoms with van der Waals surface area (Å²) in [4.78, 5) is 25.1. The molecule has 0 N–H and O–H groups in total. The summed E-state index contributed by atoms with van der Waals surface area (Å²) in [5.41, 5.74) is 3.62. The number of nitro groups is 1. The van der Waals surface area contributed by atoms with Crippen LogP contribution in [0.25, 0.3) is 5.69 Å². The maximum Gasteiger partial charge on any atom is 0.270 e. The standard InChI is InChI=1S/C24H27N5O5S/c1-17-9-10-21(29(31)32)15-23(17)35(33,34)27-13-11-26(12-14-27)24(30)16-22-18(2)25-28(19(22)3)20-7-5-4-6-8-20/h4-10,15H,11-14,16H2,1-3H3. The van der Waals surface area contributed by atoms with Crippen molar-refractivity contribution in [3.05, 3.63) is 81.2 Å². The first-order chi connectivity index (χ1) is 16.6. The molecule has 184 valence electrons. The van der Waals surface area contributed by atoms with Crippen LogP contribution in [0.15, 0.2) is 53.4 Å². The van der Waals surface area contributed by atoms with Crippen molar-refractivity contribution in [3.63, 3.8) is 0 Å². The number of nitrogens with zero attached hydrogens (tertiary/aromatic N) is 5. The van der Waals surface area contributed by atoms with Gasteiger partial charge in [0, 0.05) is 49.6 Å². The largest absolute Gasteiger partial charge is 0.340 e. The molecule has 1 aliphatic heterocycles. The summed E-state index contributed by atoms with van der Waals surface area (Å²) in [6, 6.07) is 13.5. The van der Waals surface area contributed by atoms with Crippen LogP contribution >= 0.6 is 0 Å². The number of para-hydroxylation sites is 1. The Kier molecular flexibility index (Phi) is 6.73. The number of piperazine rings is 1. The quantitative estimate of drug-likeness (QED) is 0.382. The average Bonchev–Trinajstić information content (AvgIpc) is 3.13. The van der Waals surface area contributed by atoms with Gasteiger partial charge in [0.25, 0.3) is 5.69 Å². The summed E-state index contributed by atoms with van der Waals surface area (Å²) in [7, 11) is -3.92. The number of benzene rings is 2. The number of amides is 1. The zero-order valence-corrected chi connectivity index (χ0v) is 20.7. The van der Waals surface area contributed by atoms with E-state index in [9.17, 15) is 23.3 Å². The van der Waals surface area contributed by atoms with E-state index in [1.165, 1.54) is 16.4 Å². The van der Waals surface area contributed by atoms with E-state index >= 15 is 0 Å². The fourth-order valence-corrected chi connectivity index (χ4v) is 5.98. The lowest BCUT2D eigenvalue weighted by Crippen LogP contribution is -2.51. The van der Waals surface area contributed by atoms with Gasteiger partial charge in [-0.25, -0.2) is 13.1 Å². The lowest BCUT2D eigenvalue weighted by molar-refractivity contribution is -0.385. The van der Waals surface area contributed by atoms with Gasteiger partial charge in [-0.3, -0.25) is 14.9 Å². The van der Waals surface area contributed by atoms with Crippen LogP contribution in [0.2, 0.25) is 0 Å². The molecule has 0 atom stereocenters. The third kappa shape index (κ3) is 4.82. The van der Waals surface area contributed by atoms with Gasteiger partial charge in [-0.2, -0.15) is 9.40 Å². The van der Waals surface area contributed by atoms with Crippen molar-refractivity contribution in [3.8, 4) is 5.69 Å². The molecule has 2 aromatic carbocycles. The molecule has 0 saturated carbocycles. The topological polar surface area (TPSA) is 119 Å². The van der Waals surface area contributed by atoms with E-state index in [1.807, 2.05) is 48.9 Å². The molecule has 11 heteroatoms. The summed E-state index contributed by atoms with van der Waals surface area (Å²) < 4.78 is 29.4. The Morgan fingerprint density at radius 1 is 1.03 bits per heavy atom. The minimum Gasteiger partial charge on any atom is -0.340 e. The summed E-state index contributed by atoms with van der Waals surface area (Å²) in [6.07, 6.45) is 0.182. The first kappa shape index (κ1) is 24.6. The van der Waals surface area contributed by atoms with Crippen molar-refractivity contribution in [2.24, 2.45) is 0 Å². The van der Waals surface area contributed by atoms with Crippen molar-refractivity contribution in [2.45, 2.75) is 32.1 Å². The number of nitro benzene ring substituents is 1. The minimum atomic E-state index is -3.92. The van der Waals surface area contributed by atoms with Crippen molar-refractivity contribution in [2.75, 3.05) is 26.2 Å². The average molecular weight is 498 g/mol. The molecule has 1 saturated heterocycles. The van der Waals surface area contributed by atoms with E-state index in [0.717, 1.165) is 28.7 Å². The number of carbonyl (C=O) groups excluding carboxylic acids is 1. The van der Waals surface area contributed by atoms with Crippen LogP contribution in [-0.4, -0.2) is 64.4 Å². The smallest absolute Gasteiger partial charge is 0.270 e. The van der Waals surface area contributed by atoms with Crippen LogP contribution in [0, 0.1) is 30.9 Å². The van der Waals surface area contributed by atoms with Gasteiger partial charge in [0.2, 0.25) is 15.9 Å². The van der Waals surface area contributed by atoms with E-state index in [-0.39, 0.29) is 49.1 Å². The Hall–Kier alpha value is -3.57. The van der Waals surface area contributed by atoms with Crippen LogP contribution in [0.4, 0.5) is 5.69 Å². The molecule has 35 heavy (non-hydrogen) atoms. The number of aryl methyl sites for hydroxylation is 2. The Morgan fingerprint density at radius 3 is 2.31 bits per heavy atom. The molecule has 0 radical (unpaired) electrons. The van der Waals surface area contributed by atoms with Crippen LogP contribution in [-0.2, 0) is 21.2 Å². The highest BCUT2D eigenvalue weighted by Gasteiger charge is 2.32. The summed E-state index contributed by atoms with van der Waals surface area (Å²) in [5.74, 6) is -0.0904. The highest BCUT2D eigenvalue weighted by atomic mass is 32.2. The number of aromatic nitrogens is 2. The van der Waals surface area contributed by atoms with Gasteiger partial charge >= 0.3 is 0 Å². The zero-order chi connectivity index (χ0) is 25.3. The van der Waals surface area contributed by atoms with Crippen LogP contribution < -0.4 is 0 Å². The Bertz CT molecular complexity index is 1380. The van der Waals surface area contributed by atoms with Gasteiger partial charge in [-0.1, -0.05) is 24.3 Å². The number of hydrogen-bond donors (Lipinski definition) is 0. The molecule has 0 bridgehead atoms. The summed E-state index contributed by atoms with van der Waals surface area (Å²) in [5, 5.41) is 15.7. The predicted octanol–water partition coefficient (Wildman–Crippen LogP) is 2.78. The third-order valence-electron chi connectivity index (χ3n) is 6.36. The second-order valence-electron chi connectivity index (χ2n) is 8.57. The molecule has 3 aromatic rings. The Balaban J connectivity index is 1.45. The molecule has 0 aliphatic carbocycles. The van der Waals surface area contributed by atoms with Crippen LogP contribution in [0.3, 0.4) is 0 Å². The van der Waals surface area contributed by atoms with Gasteiger partial charge in [0.15, 0.2) is 0 Å². The highest BCUT2D eigenvalue weighted by Crippen LogP contribution is 2.26. The fourth-order valence-electron chi connectivity index (χ4n) is 4.31. The first-order valence-electron chi connectivity index (χ1n) is 11.2. The van der Waals surface area contributed by atoms with E-state index in [2.05, 4.69) is 5.10 Å². The number of sulfonamides is 1. The van der Waals surface area contributed by atoms with Crippen molar-refractivity contribution in [1.82, 2.24) is 19.0 Å². The zero-order valence-electron chi connectivity index (χ0n) is 19.8. The molecular weight excluding hydrogens is 470 g/mol. The van der Waals surface area contributed by atoms with Crippen molar-refractivity contribution >= 4 is 21.6 Å². The molecule has 1 aliphatic rings. The van der Waals surface area contributed by atoms with Crippen LogP contribution in [0.1, 0.15) is 22.5 Å².